The molecule has 0 radical (unpaired) electrons. The molecular weight excluding hydrogens is 302 g/mol. The van der Waals surface area contributed by atoms with Crippen LogP contribution >= 0.6 is 11.6 Å². The van der Waals surface area contributed by atoms with Crippen LogP contribution in [0.5, 0.6) is 0 Å². The predicted molar refractivity (Wildman–Crippen MR) is 83.2 cm³/mol. The maximum Gasteiger partial charge on any atom is 0.272 e. The lowest BCUT2D eigenvalue weighted by atomic mass is 10.3. The van der Waals surface area contributed by atoms with Crippen molar-refractivity contribution in [1.29, 1.82) is 0 Å². The number of aromatic nitrogens is 2. The second-order valence-corrected chi connectivity index (χ2v) is 5.26. The number of amides is 1. The predicted octanol–water partition coefficient (Wildman–Crippen LogP) is 3.36. The van der Waals surface area contributed by atoms with Gasteiger partial charge in [-0.2, -0.15) is 5.10 Å². The summed E-state index contributed by atoms with van der Waals surface area (Å²) in [7, 11) is 0. The number of aryl methyl sites for hydroxylation is 1. The minimum absolute atomic E-state index is 0.250. The van der Waals surface area contributed by atoms with Crippen molar-refractivity contribution in [3.05, 3.63) is 70.9 Å². The van der Waals surface area contributed by atoms with Gasteiger partial charge in [0.15, 0.2) is 5.69 Å². The lowest BCUT2D eigenvalue weighted by Gasteiger charge is -2.04. The van der Waals surface area contributed by atoms with Gasteiger partial charge in [0.25, 0.3) is 5.91 Å². The molecule has 1 N–H and O–H groups in total. The van der Waals surface area contributed by atoms with Crippen LogP contribution in [0.25, 0.3) is 5.69 Å². The fourth-order valence-electron chi connectivity index (χ4n) is 2.13. The van der Waals surface area contributed by atoms with Crippen LogP contribution in [0.4, 0.5) is 0 Å². The molecule has 2 heterocycles. The van der Waals surface area contributed by atoms with Crippen LogP contribution in [0.2, 0.25) is 5.02 Å². The molecule has 1 amide bonds. The van der Waals surface area contributed by atoms with E-state index in [4.69, 9.17) is 16.0 Å². The summed E-state index contributed by atoms with van der Waals surface area (Å²) in [6.07, 6.45) is 1.57. The molecule has 112 valence electrons. The smallest absolute Gasteiger partial charge is 0.272 e. The van der Waals surface area contributed by atoms with Crippen LogP contribution in [-0.4, -0.2) is 15.7 Å². The van der Waals surface area contributed by atoms with Gasteiger partial charge in [0.1, 0.15) is 5.76 Å². The minimum atomic E-state index is -0.250. The van der Waals surface area contributed by atoms with E-state index in [-0.39, 0.29) is 5.91 Å². The highest BCUT2D eigenvalue weighted by Crippen LogP contribution is 2.16. The van der Waals surface area contributed by atoms with Gasteiger partial charge in [-0.25, -0.2) is 4.68 Å². The third kappa shape index (κ3) is 3.04. The van der Waals surface area contributed by atoms with E-state index in [0.29, 0.717) is 23.0 Å². The molecule has 5 nitrogen and oxygen atoms in total. The van der Waals surface area contributed by atoms with Crippen molar-refractivity contribution in [3.8, 4) is 5.69 Å². The van der Waals surface area contributed by atoms with E-state index in [2.05, 4.69) is 10.4 Å². The number of carbonyl (C=O) groups excluding carboxylic acids is 1. The Kier molecular flexibility index (Phi) is 3.98. The van der Waals surface area contributed by atoms with E-state index in [9.17, 15) is 4.79 Å². The van der Waals surface area contributed by atoms with Crippen molar-refractivity contribution in [3.63, 3.8) is 0 Å². The molecular formula is C16H14ClN3O2. The Bertz CT molecular complexity index is 794. The number of hydrogen-bond donors (Lipinski definition) is 1. The summed E-state index contributed by atoms with van der Waals surface area (Å²) in [5.74, 6) is 0.444. The fourth-order valence-corrected chi connectivity index (χ4v) is 2.31. The van der Waals surface area contributed by atoms with E-state index < -0.39 is 0 Å². The Morgan fingerprint density at radius 3 is 2.91 bits per heavy atom. The van der Waals surface area contributed by atoms with E-state index in [0.717, 1.165) is 11.4 Å². The first kappa shape index (κ1) is 14.4. The standard InChI is InChI=1S/C16H14ClN3O2/c1-11-8-15(16(21)18-10-14-6-3-7-22-14)19-20(11)13-5-2-4-12(17)9-13/h2-9H,10H2,1H3,(H,18,21). The summed E-state index contributed by atoms with van der Waals surface area (Å²) < 4.78 is 6.86. The van der Waals surface area contributed by atoms with Crippen LogP contribution in [0, 0.1) is 6.92 Å². The summed E-state index contributed by atoms with van der Waals surface area (Å²) >= 11 is 5.99. The van der Waals surface area contributed by atoms with Gasteiger partial charge in [0, 0.05) is 10.7 Å². The quantitative estimate of drug-likeness (QED) is 0.803. The summed E-state index contributed by atoms with van der Waals surface area (Å²) in [5, 5.41) is 7.73. The molecule has 0 spiro atoms. The largest absolute Gasteiger partial charge is 0.467 e. The monoisotopic (exact) mass is 315 g/mol. The lowest BCUT2D eigenvalue weighted by Crippen LogP contribution is -2.23. The zero-order valence-electron chi connectivity index (χ0n) is 11.9. The van der Waals surface area contributed by atoms with E-state index in [1.807, 2.05) is 19.1 Å². The zero-order chi connectivity index (χ0) is 15.5. The average molecular weight is 316 g/mol. The lowest BCUT2D eigenvalue weighted by molar-refractivity contribution is 0.0942. The number of benzene rings is 1. The first-order valence-corrected chi connectivity index (χ1v) is 7.14. The second kappa shape index (κ2) is 6.07. The number of nitrogens with zero attached hydrogens (tertiary/aromatic N) is 2. The van der Waals surface area contributed by atoms with Gasteiger partial charge in [0.05, 0.1) is 18.5 Å². The second-order valence-electron chi connectivity index (χ2n) is 4.82. The molecule has 0 atom stereocenters. The van der Waals surface area contributed by atoms with Crippen molar-refractivity contribution in [2.75, 3.05) is 0 Å². The van der Waals surface area contributed by atoms with Crippen LogP contribution in [0.15, 0.2) is 53.1 Å². The topological polar surface area (TPSA) is 60.1 Å². The van der Waals surface area contributed by atoms with Crippen molar-refractivity contribution in [2.45, 2.75) is 13.5 Å². The molecule has 0 saturated heterocycles. The molecule has 0 aliphatic carbocycles. The van der Waals surface area contributed by atoms with E-state index in [1.165, 1.54) is 0 Å². The van der Waals surface area contributed by atoms with Gasteiger partial charge < -0.3 is 9.73 Å². The SMILES string of the molecule is Cc1cc(C(=O)NCc2ccco2)nn1-c1cccc(Cl)c1. The normalized spacial score (nSPS) is 10.6. The van der Waals surface area contributed by atoms with Gasteiger partial charge in [-0.1, -0.05) is 17.7 Å². The van der Waals surface area contributed by atoms with Crippen molar-refractivity contribution >= 4 is 17.5 Å². The number of hydrogen-bond acceptors (Lipinski definition) is 3. The Morgan fingerprint density at radius 1 is 1.32 bits per heavy atom. The number of rotatable bonds is 4. The first-order chi connectivity index (χ1) is 10.6. The third-order valence-electron chi connectivity index (χ3n) is 3.18. The highest BCUT2D eigenvalue weighted by Gasteiger charge is 2.13. The molecule has 0 saturated carbocycles. The van der Waals surface area contributed by atoms with Crippen LogP contribution in [0.1, 0.15) is 21.9 Å². The summed E-state index contributed by atoms with van der Waals surface area (Å²) in [5.41, 5.74) is 2.02. The van der Waals surface area contributed by atoms with Crippen LogP contribution < -0.4 is 5.32 Å². The molecule has 0 fully saturated rings. The zero-order valence-corrected chi connectivity index (χ0v) is 12.7. The number of nitrogens with one attached hydrogen (secondary N) is 1. The number of furan rings is 1. The molecule has 2 aromatic heterocycles. The molecule has 0 aliphatic heterocycles. The van der Waals surface area contributed by atoms with Crippen molar-refractivity contribution in [2.24, 2.45) is 0 Å². The Labute approximate surface area is 132 Å². The molecule has 0 aliphatic rings. The maximum atomic E-state index is 12.1. The van der Waals surface area contributed by atoms with Gasteiger partial charge in [0.2, 0.25) is 0 Å². The highest BCUT2D eigenvalue weighted by atomic mass is 35.5. The average Bonchev–Trinajstić information content (AvgIpc) is 3.14. The fraction of sp³-hybridized carbons (Fsp3) is 0.125. The van der Waals surface area contributed by atoms with Gasteiger partial charge in [-0.15, -0.1) is 0 Å². The Balaban J connectivity index is 1.78. The maximum absolute atomic E-state index is 12.1. The molecule has 0 bridgehead atoms. The van der Waals surface area contributed by atoms with Crippen molar-refractivity contribution < 1.29 is 9.21 Å². The third-order valence-corrected chi connectivity index (χ3v) is 3.41. The van der Waals surface area contributed by atoms with E-state index in [1.54, 1.807) is 41.3 Å². The molecule has 22 heavy (non-hydrogen) atoms. The summed E-state index contributed by atoms with van der Waals surface area (Å²) in [4.78, 5) is 12.1. The first-order valence-electron chi connectivity index (χ1n) is 6.76. The molecule has 0 unspecified atom stereocenters. The number of carbonyl (C=O) groups is 1. The molecule has 1 aromatic carbocycles. The van der Waals surface area contributed by atoms with Crippen molar-refractivity contribution in [1.82, 2.24) is 15.1 Å². The van der Waals surface area contributed by atoms with Crippen LogP contribution in [0.3, 0.4) is 0 Å². The van der Waals surface area contributed by atoms with Gasteiger partial charge >= 0.3 is 0 Å². The Morgan fingerprint density at radius 2 is 2.18 bits per heavy atom. The Hall–Kier alpha value is -2.53. The summed E-state index contributed by atoms with van der Waals surface area (Å²) in [6.45, 7) is 2.21. The highest BCUT2D eigenvalue weighted by molar-refractivity contribution is 6.30. The minimum Gasteiger partial charge on any atom is -0.467 e. The molecule has 3 aromatic rings. The number of halogens is 1. The summed E-state index contributed by atoms with van der Waals surface area (Å²) in [6, 6.07) is 12.6. The van der Waals surface area contributed by atoms with Crippen LogP contribution in [-0.2, 0) is 6.54 Å². The molecule has 3 rings (SSSR count). The van der Waals surface area contributed by atoms with Gasteiger partial charge in [-0.05, 0) is 43.3 Å². The molecule has 6 heteroatoms. The van der Waals surface area contributed by atoms with E-state index >= 15 is 0 Å². The van der Waals surface area contributed by atoms with Gasteiger partial charge in [-0.3, -0.25) is 4.79 Å².